The number of rotatable bonds is 10. The van der Waals surface area contributed by atoms with Crippen LogP contribution >= 0.6 is 0 Å². The Morgan fingerprint density at radius 2 is 0.576 bits per heavy atom. The molecule has 0 aliphatic carbocycles. The normalized spacial score (nSPS) is 11.6. The second-order valence-corrected chi connectivity index (χ2v) is 16.8. The molecule has 0 radical (unpaired) electrons. The summed E-state index contributed by atoms with van der Waals surface area (Å²) in [5, 5.41) is 12.4. The highest BCUT2D eigenvalue weighted by molar-refractivity contribution is 6.10. The van der Waals surface area contributed by atoms with Gasteiger partial charge in [0.25, 0.3) is 0 Å². The molecule has 12 aromatic rings. The van der Waals surface area contributed by atoms with Crippen molar-refractivity contribution in [2.75, 3.05) is 10.6 Å². The molecule has 0 aliphatic rings. The predicted molar refractivity (Wildman–Crippen MR) is 281 cm³/mol. The van der Waals surface area contributed by atoms with E-state index in [1.165, 1.54) is 43.6 Å². The van der Waals surface area contributed by atoms with Crippen molar-refractivity contribution in [2.24, 2.45) is 0 Å². The van der Waals surface area contributed by atoms with E-state index in [0.29, 0.717) is 0 Å². The van der Waals surface area contributed by atoms with Gasteiger partial charge in [0.1, 0.15) is 0 Å². The van der Waals surface area contributed by atoms with Crippen LogP contribution in [0, 0.1) is 0 Å². The lowest BCUT2D eigenvalue weighted by Crippen LogP contribution is -1.96. The standard InChI is InChI=1S/C62H44N4/c1-3-15-43(16-4-1)57-41-49(63-47-33-37-51(38-34-47)65-59-23-11-7-19-53(59)54-20-8-12-24-60(54)65)31-29-45(57)27-28-46-30-32-50(42-58(46)44-17-5-2-6-18-44)64-48-35-39-52(40-36-48)66-61-25-13-9-21-55(61)56-22-10-14-26-62(56)66/h1-42,63-64H/b28-27+. The number of nitrogens with one attached hydrogen (secondary N) is 2. The van der Waals surface area contributed by atoms with Crippen LogP contribution in [0.2, 0.25) is 0 Å². The predicted octanol–water partition coefficient (Wildman–Crippen LogP) is 16.9. The largest absolute Gasteiger partial charge is 0.356 e. The molecule has 0 spiro atoms. The zero-order valence-electron chi connectivity index (χ0n) is 36.1. The van der Waals surface area contributed by atoms with Crippen LogP contribution in [-0.2, 0) is 0 Å². The molecular weight excluding hydrogens is 801 g/mol. The van der Waals surface area contributed by atoms with E-state index in [9.17, 15) is 0 Å². The molecule has 0 bridgehead atoms. The zero-order valence-corrected chi connectivity index (χ0v) is 36.1. The number of nitrogens with zero attached hydrogens (tertiary/aromatic N) is 2. The fraction of sp³-hybridized carbons (Fsp3) is 0. The fourth-order valence-corrected chi connectivity index (χ4v) is 9.60. The van der Waals surface area contributed by atoms with Crippen molar-refractivity contribution >= 4 is 78.5 Å². The van der Waals surface area contributed by atoms with Gasteiger partial charge in [0.15, 0.2) is 0 Å². The van der Waals surface area contributed by atoms with Crippen LogP contribution in [0.3, 0.4) is 0 Å². The number of fused-ring (bicyclic) bond motifs is 6. The number of hydrogen-bond donors (Lipinski definition) is 2. The van der Waals surface area contributed by atoms with Gasteiger partial charge >= 0.3 is 0 Å². The van der Waals surface area contributed by atoms with Crippen molar-refractivity contribution in [3.63, 3.8) is 0 Å². The van der Waals surface area contributed by atoms with Crippen LogP contribution in [0.1, 0.15) is 11.1 Å². The van der Waals surface area contributed by atoms with E-state index in [2.05, 4.69) is 275 Å². The number of benzene rings is 10. The summed E-state index contributed by atoms with van der Waals surface area (Å²) in [5.41, 5.74) is 18.1. The third kappa shape index (κ3) is 7.17. The Bertz CT molecular complexity index is 3370. The first-order valence-electron chi connectivity index (χ1n) is 22.5. The molecule has 4 heteroatoms. The molecule has 2 aromatic heterocycles. The van der Waals surface area contributed by atoms with Gasteiger partial charge < -0.3 is 19.8 Å². The molecule has 0 saturated heterocycles. The van der Waals surface area contributed by atoms with Crippen molar-refractivity contribution in [1.29, 1.82) is 0 Å². The molecule has 12 rings (SSSR count). The monoisotopic (exact) mass is 844 g/mol. The lowest BCUT2D eigenvalue weighted by atomic mass is 9.95. The first-order chi connectivity index (χ1) is 32.7. The minimum Gasteiger partial charge on any atom is -0.356 e. The molecule has 2 heterocycles. The summed E-state index contributed by atoms with van der Waals surface area (Å²) in [6.45, 7) is 0. The fourth-order valence-electron chi connectivity index (χ4n) is 9.60. The van der Waals surface area contributed by atoms with Gasteiger partial charge in [-0.3, -0.25) is 0 Å². The van der Waals surface area contributed by atoms with E-state index in [1.54, 1.807) is 0 Å². The van der Waals surface area contributed by atoms with Crippen LogP contribution in [0.4, 0.5) is 22.7 Å². The van der Waals surface area contributed by atoms with Gasteiger partial charge in [0.2, 0.25) is 0 Å². The molecule has 0 saturated carbocycles. The first kappa shape index (κ1) is 38.8. The molecule has 66 heavy (non-hydrogen) atoms. The van der Waals surface area contributed by atoms with Crippen LogP contribution in [0.25, 0.3) is 89.4 Å². The molecular formula is C62H44N4. The maximum absolute atomic E-state index is 3.70. The number of hydrogen-bond acceptors (Lipinski definition) is 2. The van der Waals surface area contributed by atoms with E-state index in [0.717, 1.165) is 67.5 Å². The summed E-state index contributed by atoms with van der Waals surface area (Å²) in [7, 11) is 0. The van der Waals surface area contributed by atoms with Gasteiger partial charge in [-0.15, -0.1) is 0 Å². The molecule has 0 unspecified atom stereocenters. The molecule has 2 N–H and O–H groups in total. The highest BCUT2D eigenvalue weighted by Crippen LogP contribution is 2.36. The van der Waals surface area contributed by atoms with Crippen molar-refractivity contribution in [2.45, 2.75) is 0 Å². The molecule has 4 nitrogen and oxygen atoms in total. The molecule has 312 valence electrons. The Morgan fingerprint density at radius 1 is 0.273 bits per heavy atom. The van der Waals surface area contributed by atoms with E-state index < -0.39 is 0 Å². The lowest BCUT2D eigenvalue weighted by molar-refractivity contribution is 1.18. The van der Waals surface area contributed by atoms with Crippen molar-refractivity contribution in [3.05, 3.63) is 254 Å². The molecule has 0 atom stereocenters. The Labute approximate surface area is 384 Å². The summed E-state index contributed by atoms with van der Waals surface area (Å²) in [6.07, 6.45) is 4.49. The second-order valence-electron chi connectivity index (χ2n) is 16.8. The summed E-state index contributed by atoms with van der Waals surface area (Å²) in [4.78, 5) is 0. The van der Waals surface area contributed by atoms with Crippen molar-refractivity contribution in [1.82, 2.24) is 9.13 Å². The summed E-state index contributed by atoms with van der Waals surface area (Å²) >= 11 is 0. The van der Waals surface area contributed by atoms with Crippen LogP contribution < -0.4 is 10.6 Å². The minimum absolute atomic E-state index is 1.03. The maximum atomic E-state index is 3.70. The van der Waals surface area contributed by atoms with Crippen molar-refractivity contribution < 1.29 is 0 Å². The average Bonchev–Trinajstić information content (AvgIpc) is 3.90. The molecule has 0 aliphatic heterocycles. The molecule has 0 amide bonds. The van der Waals surface area contributed by atoms with E-state index in [1.807, 2.05) is 0 Å². The van der Waals surface area contributed by atoms with Crippen molar-refractivity contribution in [3.8, 4) is 33.6 Å². The van der Waals surface area contributed by atoms with Crippen LogP contribution in [0.15, 0.2) is 243 Å². The number of anilines is 4. The minimum atomic E-state index is 1.03. The summed E-state index contributed by atoms with van der Waals surface area (Å²) in [6, 6.07) is 86.6. The van der Waals surface area contributed by atoms with Crippen LogP contribution in [0.5, 0.6) is 0 Å². The highest BCUT2D eigenvalue weighted by atomic mass is 15.0. The topological polar surface area (TPSA) is 33.9 Å². The number of para-hydroxylation sites is 4. The smallest absolute Gasteiger partial charge is 0.0541 e. The maximum Gasteiger partial charge on any atom is 0.0541 e. The first-order valence-corrected chi connectivity index (χ1v) is 22.5. The van der Waals surface area contributed by atoms with Gasteiger partial charge in [-0.1, -0.05) is 158 Å². The SMILES string of the molecule is C(=C\c1ccc(Nc2ccc(-n3c4ccccc4c4ccccc43)cc2)cc1-c1ccccc1)/c1ccc(Nc2ccc(-n3c4ccccc4c4ccccc43)cc2)cc1-c1ccccc1. The quantitative estimate of drug-likeness (QED) is 0.135. The third-order valence-corrected chi connectivity index (χ3v) is 12.7. The second kappa shape index (κ2) is 16.7. The third-order valence-electron chi connectivity index (χ3n) is 12.7. The number of aromatic nitrogens is 2. The Hall–Kier alpha value is -8.86. The Morgan fingerprint density at radius 3 is 0.924 bits per heavy atom. The zero-order chi connectivity index (χ0) is 43.8. The highest BCUT2D eigenvalue weighted by Gasteiger charge is 2.14. The van der Waals surface area contributed by atoms with Gasteiger partial charge in [-0.25, -0.2) is 0 Å². The van der Waals surface area contributed by atoms with Gasteiger partial charge in [0.05, 0.1) is 22.1 Å². The summed E-state index contributed by atoms with van der Waals surface area (Å²) in [5.74, 6) is 0. The average molecular weight is 845 g/mol. The van der Waals surface area contributed by atoms with Gasteiger partial charge in [-0.2, -0.15) is 0 Å². The van der Waals surface area contributed by atoms with E-state index >= 15 is 0 Å². The van der Waals surface area contributed by atoms with Gasteiger partial charge in [0, 0.05) is 55.7 Å². The molecule has 0 fully saturated rings. The van der Waals surface area contributed by atoms with E-state index in [-0.39, 0.29) is 0 Å². The van der Waals surface area contributed by atoms with Gasteiger partial charge in [-0.05, 0) is 130 Å². The molecule has 10 aromatic carbocycles. The Balaban J connectivity index is 0.831. The Kier molecular flexibility index (Phi) is 9.81. The lowest BCUT2D eigenvalue weighted by Gasteiger charge is -2.14. The summed E-state index contributed by atoms with van der Waals surface area (Å²) < 4.78 is 4.70. The van der Waals surface area contributed by atoms with Crippen LogP contribution in [-0.4, -0.2) is 9.13 Å². The van der Waals surface area contributed by atoms with E-state index in [4.69, 9.17) is 0 Å².